The third-order valence-electron chi connectivity index (χ3n) is 7.40. The zero-order valence-corrected chi connectivity index (χ0v) is 19.2. The minimum atomic E-state index is -0.354. The Balaban J connectivity index is 0.00000228. The van der Waals surface area contributed by atoms with Gasteiger partial charge in [0.1, 0.15) is 11.3 Å². The summed E-state index contributed by atoms with van der Waals surface area (Å²) in [5.41, 5.74) is 3.92. The van der Waals surface area contributed by atoms with Gasteiger partial charge in [-0.05, 0) is 55.0 Å². The Morgan fingerprint density at radius 1 is 1.06 bits per heavy atom. The fourth-order valence-electron chi connectivity index (χ4n) is 5.91. The third kappa shape index (κ3) is 3.38. The molecule has 3 heterocycles. The molecule has 1 aliphatic heterocycles. The average molecular weight is 467 g/mol. The maximum absolute atomic E-state index is 13.2. The number of nitrogens with one attached hydrogen (secondary N) is 3. The number of benzene rings is 2. The smallest absolute Gasteiger partial charge is 0.328 e. The maximum Gasteiger partial charge on any atom is 0.328 e. The summed E-state index contributed by atoms with van der Waals surface area (Å²) in [6.07, 6.45) is 2.88. The normalized spacial score (nSPS) is 21.5. The van der Waals surface area contributed by atoms with E-state index in [-0.39, 0.29) is 29.7 Å². The molecule has 0 radical (unpaired) electrons. The first-order chi connectivity index (χ1) is 15.7. The molecule has 1 unspecified atom stereocenters. The second-order valence-corrected chi connectivity index (χ2v) is 8.96. The second-order valence-electron chi connectivity index (χ2n) is 8.96. The summed E-state index contributed by atoms with van der Waals surface area (Å²) < 4.78 is 6.94. The van der Waals surface area contributed by atoms with E-state index in [1.807, 2.05) is 30.3 Å². The standard InChI is InChI=1S/C25H26N4O3.ClH/c1-32-20-8-4-6-16-15(20)10-9-14-13-26-19(21(14)16)11-12-29-24(30)23-22(28-25(29)31)17-5-2-3-7-18(17)27-23;/h2-8,14,19,21,26-27H,9-13H2,1H3,(H,28,31);1H/t14-,19?,21-;/m1./s1. The minimum Gasteiger partial charge on any atom is -0.496 e. The number of ether oxygens (including phenoxy) is 1. The van der Waals surface area contributed by atoms with E-state index in [1.165, 1.54) is 15.7 Å². The van der Waals surface area contributed by atoms with Crippen molar-refractivity contribution < 1.29 is 4.74 Å². The van der Waals surface area contributed by atoms with Gasteiger partial charge in [0.05, 0.1) is 12.6 Å². The number of rotatable bonds is 4. The Morgan fingerprint density at radius 3 is 2.76 bits per heavy atom. The summed E-state index contributed by atoms with van der Waals surface area (Å²) in [5, 5.41) is 4.53. The summed E-state index contributed by atoms with van der Waals surface area (Å²) >= 11 is 0. The van der Waals surface area contributed by atoms with Gasteiger partial charge in [-0.2, -0.15) is 0 Å². The number of para-hydroxylation sites is 1. The summed E-state index contributed by atoms with van der Waals surface area (Å²) in [7, 11) is 1.73. The van der Waals surface area contributed by atoms with E-state index in [9.17, 15) is 9.59 Å². The summed E-state index contributed by atoms with van der Waals surface area (Å²) in [6.45, 7) is 1.35. The Labute approximate surface area is 196 Å². The maximum atomic E-state index is 13.2. The molecule has 8 heteroatoms. The van der Waals surface area contributed by atoms with E-state index in [0.717, 1.165) is 36.0 Å². The predicted octanol–water partition coefficient (Wildman–Crippen LogP) is 3.31. The summed E-state index contributed by atoms with van der Waals surface area (Å²) in [5.74, 6) is 1.91. The summed E-state index contributed by atoms with van der Waals surface area (Å²) in [6, 6.07) is 14.2. The van der Waals surface area contributed by atoms with Crippen LogP contribution in [0.15, 0.2) is 52.1 Å². The van der Waals surface area contributed by atoms with Crippen LogP contribution >= 0.6 is 12.4 Å². The molecule has 3 atom stereocenters. The lowest BCUT2D eigenvalue weighted by molar-refractivity contribution is 0.371. The molecule has 7 nitrogen and oxygen atoms in total. The number of hydrogen-bond acceptors (Lipinski definition) is 4. The van der Waals surface area contributed by atoms with Crippen LogP contribution < -0.4 is 21.3 Å². The third-order valence-corrected chi connectivity index (χ3v) is 7.40. The number of aromatic amines is 2. The molecule has 6 rings (SSSR count). The van der Waals surface area contributed by atoms with Crippen LogP contribution in [-0.2, 0) is 13.0 Å². The van der Waals surface area contributed by atoms with Gasteiger partial charge >= 0.3 is 5.69 Å². The first kappa shape index (κ1) is 21.8. The zero-order chi connectivity index (χ0) is 21.8. The average Bonchev–Trinajstić information content (AvgIpc) is 3.40. The number of aromatic nitrogens is 3. The SMILES string of the molecule is COc1cccc2c1CC[C@@H]1CNC(CCn3c(=O)[nH]c4c([nH]c5ccccc54)c3=O)[C@@H]21.Cl. The van der Waals surface area contributed by atoms with E-state index >= 15 is 0 Å². The minimum absolute atomic E-state index is 0. The van der Waals surface area contributed by atoms with Crippen LogP contribution in [0.3, 0.4) is 0 Å². The van der Waals surface area contributed by atoms with Crippen molar-refractivity contribution >= 4 is 34.3 Å². The van der Waals surface area contributed by atoms with Crippen LogP contribution in [0.4, 0.5) is 0 Å². The lowest BCUT2D eigenvalue weighted by Crippen LogP contribution is -2.38. The zero-order valence-electron chi connectivity index (χ0n) is 18.4. The molecule has 2 aromatic carbocycles. The molecule has 4 aromatic rings. The van der Waals surface area contributed by atoms with Gasteiger partial charge in [0, 0.05) is 29.4 Å². The largest absolute Gasteiger partial charge is 0.496 e. The van der Waals surface area contributed by atoms with Gasteiger partial charge in [-0.3, -0.25) is 9.36 Å². The fraction of sp³-hybridized carbons (Fsp3) is 0.360. The molecule has 1 fully saturated rings. The van der Waals surface area contributed by atoms with Crippen molar-refractivity contribution in [1.29, 1.82) is 0 Å². The number of halogens is 1. The Kier molecular flexibility index (Phi) is 5.54. The number of H-pyrrole nitrogens is 2. The number of methoxy groups -OCH3 is 1. The van der Waals surface area contributed by atoms with Gasteiger partial charge < -0.3 is 20.0 Å². The van der Waals surface area contributed by atoms with Gasteiger partial charge in [-0.25, -0.2) is 4.79 Å². The fourth-order valence-corrected chi connectivity index (χ4v) is 5.91. The van der Waals surface area contributed by atoms with Crippen molar-refractivity contribution in [3.8, 4) is 5.75 Å². The van der Waals surface area contributed by atoms with Crippen molar-refractivity contribution in [2.75, 3.05) is 13.7 Å². The monoisotopic (exact) mass is 466 g/mol. The molecule has 0 spiro atoms. The van der Waals surface area contributed by atoms with Crippen molar-refractivity contribution in [1.82, 2.24) is 19.9 Å². The molecule has 172 valence electrons. The van der Waals surface area contributed by atoms with E-state index in [2.05, 4.69) is 27.4 Å². The molecule has 33 heavy (non-hydrogen) atoms. The first-order valence-corrected chi connectivity index (χ1v) is 11.3. The molecule has 1 aliphatic carbocycles. The van der Waals surface area contributed by atoms with E-state index in [0.29, 0.717) is 35.8 Å². The van der Waals surface area contributed by atoms with Crippen LogP contribution in [0.25, 0.3) is 21.9 Å². The highest BCUT2D eigenvalue weighted by molar-refractivity contribution is 6.04. The van der Waals surface area contributed by atoms with Crippen molar-refractivity contribution in [2.45, 2.75) is 37.8 Å². The molecule has 0 saturated carbocycles. The molecule has 0 bridgehead atoms. The van der Waals surface area contributed by atoms with E-state index in [4.69, 9.17) is 4.74 Å². The lowest BCUT2D eigenvalue weighted by Gasteiger charge is -2.32. The molecular weight excluding hydrogens is 440 g/mol. The Morgan fingerprint density at radius 2 is 1.91 bits per heavy atom. The summed E-state index contributed by atoms with van der Waals surface area (Å²) in [4.78, 5) is 32.1. The Bertz CT molecular complexity index is 1450. The highest BCUT2D eigenvalue weighted by Gasteiger charge is 2.40. The number of fused-ring (bicyclic) bond motifs is 6. The molecular formula is C25H27ClN4O3. The van der Waals surface area contributed by atoms with Crippen LogP contribution in [0.5, 0.6) is 5.75 Å². The van der Waals surface area contributed by atoms with Crippen LogP contribution in [0.2, 0.25) is 0 Å². The van der Waals surface area contributed by atoms with E-state index in [1.54, 1.807) is 7.11 Å². The van der Waals surface area contributed by atoms with Gasteiger partial charge in [0.2, 0.25) is 0 Å². The van der Waals surface area contributed by atoms with Gasteiger partial charge in [-0.15, -0.1) is 12.4 Å². The van der Waals surface area contributed by atoms with Crippen molar-refractivity contribution in [2.24, 2.45) is 5.92 Å². The molecule has 2 aliphatic rings. The van der Waals surface area contributed by atoms with Crippen LogP contribution in [0.1, 0.15) is 29.9 Å². The molecule has 3 N–H and O–H groups in total. The van der Waals surface area contributed by atoms with Crippen LogP contribution in [0, 0.1) is 5.92 Å². The van der Waals surface area contributed by atoms with Crippen molar-refractivity contribution in [3.63, 3.8) is 0 Å². The molecule has 2 aromatic heterocycles. The number of hydrogen-bond donors (Lipinski definition) is 3. The van der Waals surface area contributed by atoms with Gasteiger partial charge in [-0.1, -0.05) is 30.3 Å². The van der Waals surface area contributed by atoms with Crippen molar-refractivity contribution in [3.05, 3.63) is 74.4 Å². The number of nitrogens with zero attached hydrogens (tertiary/aromatic N) is 1. The highest BCUT2D eigenvalue weighted by Crippen LogP contribution is 2.45. The Hall–Kier alpha value is -3.03. The highest BCUT2D eigenvalue weighted by atomic mass is 35.5. The molecule has 0 amide bonds. The molecule has 1 saturated heterocycles. The quantitative estimate of drug-likeness (QED) is 0.430. The predicted molar refractivity (Wildman–Crippen MR) is 132 cm³/mol. The second kappa shape index (κ2) is 8.39. The van der Waals surface area contributed by atoms with Gasteiger partial charge in [0.25, 0.3) is 5.56 Å². The lowest BCUT2D eigenvalue weighted by atomic mass is 9.73. The first-order valence-electron chi connectivity index (χ1n) is 11.3. The van der Waals surface area contributed by atoms with Gasteiger partial charge in [0.15, 0.2) is 0 Å². The van der Waals surface area contributed by atoms with E-state index < -0.39 is 0 Å². The van der Waals surface area contributed by atoms with Crippen LogP contribution in [-0.4, -0.2) is 34.2 Å². The topological polar surface area (TPSA) is 91.9 Å².